The summed E-state index contributed by atoms with van der Waals surface area (Å²) < 4.78 is 5.67. The predicted octanol–water partition coefficient (Wildman–Crippen LogP) is 3.26. The SMILES string of the molecule is CCCN(Cc1nc2sc3c(c2c(=O)[nH]1)CCC3)C[C@H](O)COCc1ccccc1. The number of aliphatic hydroxyl groups is 1. The maximum absolute atomic E-state index is 12.7. The van der Waals surface area contributed by atoms with Crippen molar-refractivity contribution in [2.75, 3.05) is 19.7 Å². The van der Waals surface area contributed by atoms with Gasteiger partial charge in [0.1, 0.15) is 10.7 Å². The van der Waals surface area contributed by atoms with Crippen LogP contribution in [0.2, 0.25) is 0 Å². The monoisotopic (exact) mass is 427 g/mol. The Morgan fingerprint density at radius 2 is 2.13 bits per heavy atom. The van der Waals surface area contributed by atoms with E-state index in [1.807, 2.05) is 30.3 Å². The van der Waals surface area contributed by atoms with Gasteiger partial charge in [-0.1, -0.05) is 37.3 Å². The van der Waals surface area contributed by atoms with Crippen LogP contribution in [0.3, 0.4) is 0 Å². The number of thiophene rings is 1. The summed E-state index contributed by atoms with van der Waals surface area (Å²) in [6, 6.07) is 9.94. The molecule has 0 amide bonds. The molecular formula is C23H29N3O3S. The van der Waals surface area contributed by atoms with Crippen LogP contribution in [0.1, 0.15) is 41.6 Å². The van der Waals surface area contributed by atoms with E-state index in [2.05, 4.69) is 16.8 Å². The lowest BCUT2D eigenvalue weighted by atomic mass is 10.2. The van der Waals surface area contributed by atoms with E-state index in [1.54, 1.807) is 11.3 Å². The fourth-order valence-electron chi connectivity index (χ4n) is 4.12. The average molecular weight is 428 g/mol. The molecule has 1 atom stereocenters. The van der Waals surface area contributed by atoms with E-state index < -0.39 is 6.10 Å². The second kappa shape index (κ2) is 9.83. The second-order valence-corrected chi connectivity index (χ2v) is 9.02. The number of aromatic amines is 1. The zero-order valence-corrected chi connectivity index (χ0v) is 18.2. The molecular weight excluding hydrogens is 398 g/mol. The van der Waals surface area contributed by atoms with Crippen LogP contribution in [-0.4, -0.2) is 45.8 Å². The Labute approximate surface area is 180 Å². The van der Waals surface area contributed by atoms with Gasteiger partial charge in [0.25, 0.3) is 5.56 Å². The Hall–Kier alpha value is -2.06. The maximum Gasteiger partial charge on any atom is 0.259 e. The van der Waals surface area contributed by atoms with E-state index in [0.29, 0.717) is 25.5 Å². The first-order valence-electron chi connectivity index (χ1n) is 10.7. The molecule has 1 aliphatic rings. The van der Waals surface area contributed by atoms with Crippen molar-refractivity contribution in [2.24, 2.45) is 0 Å². The standard InChI is InChI=1S/C23H29N3O3S/c1-2-11-26(12-17(27)15-29-14-16-7-4-3-5-8-16)13-20-24-22(28)21-18-9-6-10-19(18)30-23(21)25-20/h3-5,7-8,17,27H,2,6,9-15H2,1H3,(H,24,25,28)/t17-/m0/s1. The Bertz CT molecular complexity index is 1030. The van der Waals surface area contributed by atoms with Gasteiger partial charge in [0.05, 0.1) is 31.2 Å². The highest BCUT2D eigenvalue weighted by molar-refractivity contribution is 7.18. The Morgan fingerprint density at radius 3 is 2.93 bits per heavy atom. The first-order valence-corrected chi connectivity index (χ1v) is 11.5. The zero-order valence-electron chi connectivity index (χ0n) is 17.4. The summed E-state index contributed by atoms with van der Waals surface area (Å²) in [6.45, 7) is 4.67. The van der Waals surface area contributed by atoms with Gasteiger partial charge in [0.2, 0.25) is 0 Å². The third kappa shape index (κ3) is 4.98. The van der Waals surface area contributed by atoms with Gasteiger partial charge in [0, 0.05) is 11.4 Å². The molecule has 1 aliphatic carbocycles. The minimum absolute atomic E-state index is 0.0300. The van der Waals surface area contributed by atoms with Crippen LogP contribution < -0.4 is 5.56 Å². The van der Waals surface area contributed by atoms with E-state index in [1.165, 1.54) is 10.4 Å². The summed E-state index contributed by atoms with van der Waals surface area (Å²) in [5.74, 6) is 0.665. The molecule has 0 saturated carbocycles. The fourth-order valence-corrected chi connectivity index (χ4v) is 5.40. The molecule has 1 aromatic carbocycles. The van der Waals surface area contributed by atoms with E-state index in [-0.39, 0.29) is 12.2 Å². The minimum atomic E-state index is -0.596. The van der Waals surface area contributed by atoms with E-state index in [4.69, 9.17) is 9.72 Å². The number of hydrogen-bond donors (Lipinski definition) is 2. The smallest absolute Gasteiger partial charge is 0.259 e. The maximum atomic E-state index is 12.7. The average Bonchev–Trinajstić information content (AvgIpc) is 3.30. The van der Waals surface area contributed by atoms with Crippen molar-refractivity contribution in [2.45, 2.75) is 51.9 Å². The normalized spacial score (nSPS) is 14.5. The Morgan fingerprint density at radius 1 is 1.30 bits per heavy atom. The number of aromatic nitrogens is 2. The molecule has 6 nitrogen and oxygen atoms in total. The summed E-state index contributed by atoms with van der Waals surface area (Å²) in [5.41, 5.74) is 2.26. The number of nitrogens with zero attached hydrogens (tertiary/aromatic N) is 2. The molecule has 2 aromatic heterocycles. The van der Waals surface area contributed by atoms with Crippen molar-refractivity contribution in [3.05, 3.63) is 62.5 Å². The van der Waals surface area contributed by atoms with Crippen LogP contribution in [-0.2, 0) is 30.7 Å². The van der Waals surface area contributed by atoms with Crippen molar-refractivity contribution in [3.63, 3.8) is 0 Å². The molecule has 160 valence electrons. The van der Waals surface area contributed by atoms with Crippen LogP contribution in [0.5, 0.6) is 0 Å². The molecule has 4 rings (SSSR count). The number of rotatable bonds is 10. The fraction of sp³-hybridized carbons (Fsp3) is 0.478. The van der Waals surface area contributed by atoms with Gasteiger partial charge < -0.3 is 14.8 Å². The number of H-pyrrole nitrogens is 1. The Kier molecular flexibility index (Phi) is 6.94. The summed E-state index contributed by atoms with van der Waals surface area (Å²) in [7, 11) is 0. The van der Waals surface area contributed by atoms with E-state index in [9.17, 15) is 9.90 Å². The van der Waals surface area contributed by atoms with Gasteiger partial charge in [-0.15, -0.1) is 11.3 Å². The van der Waals surface area contributed by atoms with Crippen molar-refractivity contribution >= 4 is 21.6 Å². The summed E-state index contributed by atoms with van der Waals surface area (Å²) in [4.78, 5) is 24.7. The van der Waals surface area contributed by atoms with Crippen molar-refractivity contribution in [1.29, 1.82) is 0 Å². The molecule has 30 heavy (non-hydrogen) atoms. The number of nitrogens with one attached hydrogen (secondary N) is 1. The van der Waals surface area contributed by atoms with Gasteiger partial charge in [-0.2, -0.15) is 0 Å². The van der Waals surface area contributed by atoms with Crippen LogP contribution in [0.4, 0.5) is 0 Å². The highest BCUT2D eigenvalue weighted by atomic mass is 32.1. The number of fused-ring (bicyclic) bond motifs is 3. The topological polar surface area (TPSA) is 78.5 Å². The van der Waals surface area contributed by atoms with E-state index >= 15 is 0 Å². The molecule has 3 aromatic rings. The van der Waals surface area contributed by atoms with Crippen LogP contribution in [0.25, 0.3) is 10.2 Å². The van der Waals surface area contributed by atoms with Crippen molar-refractivity contribution < 1.29 is 9.84 Å². The van der Waals surface area contributed by atoms with Gasteiger partial charge >= 0.3 is 0 Å². The van der Waals surface area contributed by atoms with Crippen LogP contribution in [0, 0.1) is 0 Å². The highest BCUT2D eigenvalue weighted by Crippen LogP contribution is 2.34. The molecule has 0 spiro atoms. The van der Waals surface area contributed by atoms with E-state index in [0.717, 1.165) is 48.0 Å². The Balaban J connectivity index is 1.37. The number of hydrogen-bond acceptors (Lipinski definition) is 6. The molecule has 0 unspecified atom stereocenters. The molecule has 0 fully saturated rings. The predicted molar refractivity (Wildman–Crippen MR) is 120 cm³/mol. The van der Waals surface area contributed by atoms with Crippen molar-refractivity contribution in [3.8, 4) is 0 Å². The molecule has 0 radical (unpaired) electrons. The summed E-state index contributed by atoms with van der Waals surface area (Å²) in [6.07, 6.45) is 3.53. The molecule has 7 heteroatoms. The first kappa shape index (κ1) is 21.2. The third-order valence-corrected chi connectivity index (χ3v) is 6.61. The molecule has 2 N–H and O–H groups in total. The molecule has 0 aliphatic heterocycles. The summed E-state index contributed by atoms with van der Waals surface area (Å²) >= 11 is 1.66. The lowest BCUT2D eigenvalue weighted by Crippen LogP contribution is -2.36. The molecule has 0 bridgehead atoms. The number of benzene rings is 1. The van der Waals surface area contributed by atoms with Crippen LogP contribution in [0.15, 0.2) is 35.1 Å². The third-order valence-electron chi connectivity index (χ3n) is 5.43. The molecule has 2 heterocycles. The number of aliphatic hydroxyl groups excluding tert-OH is 1. The summed E-state index contributed by atoms with van der Waals surface area (Å²) in [5, 5.41) is 11.2. The lowest BCUT2D eigenvalue weighted by molar-refractivity contribution is 0.00820. The number of ether oxygens (including phenoxy) is 1. The zero-order chi connectivity index (χ0) is 20.9. The van der Waals surface area contributed by atoms with Gasteiger partial charge in [0.15, 0.2) is 0 Å². The quantitative estimate of drug-likeness (QED) is 0.519. The molecule has 0 saturated heterocycles. The van der Waals surface area contributed by atoms with Crippen molar-refractivity contribution in [1.82, 2.24) is 14.9 Å². The number of aryl methyl sites for hydroxylation is 2. The van der Waals surface area contributed by atoms with Gasteiger partial charge in [-0.25, -0.2) is 4.98 Å². The lowest BCUT2D eigenvalue weighted by Gasteiger charge is -2.24. The van der Waals surface area contributed by atoms with Crippen LogP contribution >= 0.6 is 11.3 Å². The highest BCUT2D eigenvalue weighted by Gasteiger charge is 2.21. The van der Waals surface area contributed by atoms with Gasteiger partial charge in [-0.05, 0) is 43.4 Å². The van der Waals surface area contributed by atoms with Gasteiger partial charge in [-0.3, -0.25) is 9.69 Å². The minimum Gasteiger partial charge on any atom is -0.389 e. The largest absolute Gasteiger partial charge is 0.389 e. The first-order chi connectivity index (χ1) is 14.6. The second-order valence-electron chi connectivity index (χ2n) is 7.94.